The van der Waals surface area contributed by atoms with Crippen LogP contribution in [0.15, 0.2) is 24.3 Å². The van der Waals surface area contributed by atoms with Gasteiger partial charge in [0.2, 0.25) is 0 Å². The molecule has 0 spiro atoms. The molecule has 2 heterocycles. The zero-order chi connectivity index (χ0) is 15.0. The van der Waals surface area contributed by atoms with Crippen molar-refractivity contribution in [2.24, 2.45) is 5.41 Å². The second-order valence-corrected chi connectivity index (χ2v) is 6.45. The van der Waals surface area contributed by atoms with Crippen molar-refractivity contribution in [2.45, 2.75) is 33.1 Å². The molecule has 1 aromatic carbocycles. The van der Waals surface area contributed by atoms with Gasteiger partial charge >= 0.3 is 0 Å². The Morgan fingerprint density at radius 1 is 1.38 bits per heavy atom. The van der Waals surface area contributed by atoms with Crippen LogP contribution in [0.3, 0.4) is 0 Å². The lowest BCUT2D eigenvalue weighted by Crippen LogP contribution is -2.42. The van der Waals surface area contributed by atoms with Gasteiger partial charge in [0, 0.05) is 18.5 Å². The van der Waals surface area contributed by atoms with Gasteiger partial charge in [-0.2, -0.15) is 0 Å². The summed E-state index contributed by atoms with van der Waals surface area (Å²) in [4.78, 5) is 17.8. The SMILES string of the molecule is CCC1(C)CCN(C(=O)c2cc3cccc(N)c3[nH]2)CC1. The number of likely N-dealkylation sites (tertiary alicyclic amines) is 1. The van der Waals surface area contributed by atoms with E-state index in [1.54, 1.807) is 0 Å². The number of piperidine rings is 1. The first-order valence-electron chi connectivity index (χ1n) is 7.69. The van der Waals surface area contributed by atoms with Crippen molar-refractivity contribution in [1.82, 2.24) is 9.88 Å². The van der Waals surface area contributed by atoms with E-state index >= 15 is 0 Å². The van der Waals surface area contributed by atoms with Crippen LogP contribution in [0.2, 0.25) is 0 Å². The van der Waals surface area contributed by atoms with Gasteiger partial charge in [0.15, 0.2) is 0 Å². The van der Waals surface area contributed by atoms with Crippen LogP contribution in [0.5, 0.6) is 0 Å². The molecule has 21 heavy (non-hydrogen) atoms. The third-order valence-electron chi connectivity index (χ3n) is 5.03. The van der Waals surface area contributed by atoms with E-state index in [2.05, 4.69) is 18.8 Å². The molecule has 4 nitrogen and oxygen atoms in total. The van der Waals surface area contributed by atoms with Gasteiger partial charge in [-0.05, 0) is 30.4 Å². The zero-order valence-corrected chi connectivity index (χ0v) is 12.8. The summed E-state index contributed by atoms with van der Waals surface area (Å²) in [5.74, 6) is 0.0868. The van der Waals surface area contributed by atoms with Crippen LogP contribution in [0.1, 0.15) is 43.6 Å². The predicted octanol–water partition coefficient (Wildman–Crippen LogP) is 3.40. The lowest BCUT2D eigenvalue weighted by molar-refractivity contribution is 0.0595. The Bertz CT molecular complexity index is 666. The Kier molecular flexibility index (Phi) is 3.40. The standard InChI is InChI=1S/C17H23N3O/c1-3-17(2)7-9-20(10-8-17)16(21)14-11-12-5-4-6-13(18)15(12)19-14/h4-6,11,19H,3,7-10,18H2,1-2H3. The largest absolute Gasteiger partial charge is 0.397 e. The average molecular weight is 285 g/mol. The third-order valence-corrected chi connectivity index (χ3v) is 5.03. The fourth-order valence-electron chi connectivity index (χ4n) is 3.07. The van der Waals surface area contributed by atoms with Gasteiger partial charge in [-0.25, -0.2) is 0 Å². The Labute approximate surface area is 125 Å². The van der Waals surface area contributed by atoms with E-state index < -0.39 is 0 Å². The summed E-state index contributed by atoms with van der Waals surface area (Å²) in [6.45, 7) is 6.23. The quantitative estimate of drug-likeness (QED) is 0.831. The molecule has 0 unspecified atom stereocenters. The average Bonchev–Trinajstić information content (AvgIpc) is 2.93. The number of amides is 1. The minimum atomic E-state index is 0.0868. The molecule has 3 N–H and O–H groups in total. The van der Waals surface area contributed by atoms with Gasteiger partial charge in [0.25, 0.3) is 5.91 Å². The van der Waals surface area contributed by atoms with Crippen LogP contribution in [0, 0.1) is 5.41 Å². The molecule has 0 saturated carbocycles. The molecule has 1 amide bonds. The third kappa shape index (κ3) is 2.50. The number of benzene rings is 1. The molecule has 0 radical (unpaired) electrons. The molecular weight excluding hydrogens is 262 g/mol. The molecule has 1 aromatic heterocycles. The topological polar surface area (TPSA) is 62.1 Å². The fourth-order valence-corrected chi connectivity index (χ4v) is 3.07. The van der Waals surface area contributed by atoms with Gasteiger partial charge in [0.05, 0.1) is 11.2 Å². The van der Waals surface area contributed by atoms with Crippen molar-refractivity contribution in [3.8, 4) is 0 Å². The second kappa shape index (κ2) is 5.10. The summed E-state index contributed by atoms with van der Waals surface area (Å²) < 4.78 is 0. The molecule has 1 fully saturated rings. The number of rotatable bonds is 2. The van der Waals surface area contributed by atoms with Crippen molar-refractivity contribution < 1.29 is 4.79 Å². The number of aromatic nitrogens is 1. The monoisotopic (exact) mass is 285 g/mol. The lowest BCUT2D eigenvalue weighted by Gasteiger charge is -2.38. The van der Waals surface area contributed by atoms with Crippen LogP contribution < -0.4 is 5.73 Å². The maximum Gasteiger partial charge on any atom is 0.270 e. The summed E-state index contributed by atoms with van der Waals surface area (Å²) in [5, 5.41) is 0.994. The number of para-hydroxylation sites is 1. The molecule has 3 rings (SSSR count). The number of hydrogen-bond donors (Lipinski definition) is 2. The number of aromatic amines is 1. The normalized spacial score (nSPS) is 18.1. The number of nitrogens with one attached hydrogen (secondary N) is 1. The molecule has 2 aromatic rings. The fraction of sp³-hybridized carbons (Fsp3) is 0.471. The second-order valence-electron chi connectivity index (χ2n) is 6.45. The van der Waals surface area contributed by atoms with E-state index in [9.17, 15) is 4.79 Å². The minimum Gasteiger partial charge on any atom is -0.397 e. The molecular formula is C17H23N3O. The van der Waals surface area contributed by atoms with Crippen LogP contribution in [-0.2, 0) is 0 Å². The van der Waals surface area contributed by atoms with E-state index in [-0.39, 0.29) is 5.91 Å². The summed E-state index contributed by atoms with van der Waals surface area (Å²) in [5.41, 5.74) is 8.52. The number of carbonyl (C=O) groups is 1. The number of hydrogen-bond acceptors (Lipinski definition) is 2. The summed E-state index contributed by atoms with van der Waals surface area (Å²) in [6, 6.07) is 7.64. The first-order chi connectivity index (χ1) is 10.0. The zero-order valence-electron chi connectivity index (χ0n) is 12.8. The van der Waals surface area contributed by atoms with Crippen LogP contribution in [0.25, 0.3) is 10.9 Å². The summed E-state index contributed by atoms with van der Waals surface area (Å²) in [7, 11) is 0. The maximum atomic E-state index is 12.6. The van der Waals surface area contributed by atoms with E-state index in [1.807, 2.05) is 29.2 Å². The van der Waals surface area contributed by atoms with Gasteiger partial charge in [-0.1, -0.05) is 32.4 Å². The minimum absolute atomic E-state index is 0.0868. The molecule has 1 aliphatic heterocycles. The molecule has 4 heteroatoms. The number of nitrogens with two attached hydrogens (primary N) is 1. The smallest absolute Gasteiger partial charge is 0.270 e. The Hall–Kier alpha value is -1.97. The number of H-pyrrole nitrogens is 1. The summed E-state index contributed by atoms with van der Waals surface area (Å²) in [6.07, 6.45) is 3.34. The maximum absolute atomic E-state index is 12.6. The molecule has 0 aliphatic carbocycles. The molecule has 0 bridgehead atoms. The summed E-state index contributed by atoms with van der Waals surface area (Å²) >= 11 is 0. The highest BCUT2D eigenvalue weighted by Crippen LogP contribution is 2.34. The van der Waals surface area contributed by atoms with Gasteiger partial charge in [-0.15, -0.1) is 0 Å². The van der Waals surface area contributed by atoms with Crippen molar-refractivity contribution in [2.75, 3.05) is 18.8 Å². The Morgan fingerprint density at radius 3 is 2.71 bits per heavy atom. The Balaban J connectivity index is 1.80. The Morgan fingerprint density at radius 2 is 2.10 bits per heavy atom. The van der Waals surface area contributed by atoms with Crippen molar-refractivity contribution in [1.29, 1.82) is 0 Å². The number of carbonyl (C=O) groups excluding carboxylic acids is 1. The van der Waals surface area contributed by atoms with Gasteiger partial charge < -0.3 is 15.6 Å². The van der Waals surface area contributed by atoms with Crippen LogP contribution >= 0.6 is 0 Å². The van der Waals surface area contributed by atoms with Crippen molar-refractivity contribution in [3.63, 3.8) is 0 Å². The number of fused-ring (bicyclic) bond motifs is 1. The van der Waals surface area contributed by atoms with E-state index in [0.29, 0.717) is 16.8 Å². The van der Waals surface area contributed by atoms with E-state index in [4.69, 9.17) is 5.73 Å². The van der Waals surface area contributed by atoms with Crippen molar-refractivity contribution >= 4 is 22.5 Å². The lowest BCUT2D eigenvalue weighted by atomic mass is 9.78. The van der Waals surface area contributed by atoms with Crippen LogP contribution in [0.4, 0.5) is 5.69 Å². The highest BCUT2D eigenvalue weighted by atomic mass is 16.2. The molecule has 112 valence electrons. The number of nitrogens with zero attached hydrogens (tertiary/aromatic N) is 1. The van der Waals surface area contributed by atoms with Crippen molar-refractivity contribution in [3.05, 3.63) is 30.0 Å². The molecule has 1 saturated heterocycles. The number of anilines is 1. The first kappa shape index (κ1) is 14.0. The predicted molar refractivity (Wildman–Crippen MR) is 86.2 cm³/mol. The molecule has 0 atom stereocenters. The first-order valence-corrected chi connectivity index (χ1v) is 7.69. The van der Waals surface area contributed by atoms with E-state index in [1.165, 1.54) is 6.42 Å². The van der Waals surface area contributed by atoms with Gasteiger partial charge in [0.1, 0.15) is 5.69 Å². The van der Waals surface area contributed by atoms with Crippen LogP contribution in [-0.4, -0.2) is 28.9 Å². The molecule has 1 aliphatic rings. The highest BCUT2D eigenvalue weighted by Gasteiger charge is 2.31. The van der Waals surface area contributed by atoms with E-state index in [0.717, 1.165) is 36.8 Å². The van der Waals surface area contributed by atoms with Gasteiger partial charge in [-0.3, -0.25) is 4.79 Å². The highest BCUT2D eigenvalue weighted by molar-refractivity contribution is 6.00. The number of nitrogen functional groups attached to an aromatic ring is 1.